The molecule has 1 atom stereocenters. The molecule has 2 amide bonds. The number of halogens is 4. The molecular weight excluding hydrogens is 358 g/mol. The van der Waals surface area contributed by atoms with Crippen molar-refractivity contribution >= 4 is 17.8 Å². The van der Waals surface area contributed by atoms with Crippen LogP contribution in [0.4, 0.5) is 23.5 Å². The second kappa shape index (κ2) is 7.50. The predicted molar refractivity (Wildman–Crippen MR) is 82.5 cm³/mol. The van der Waals surface area contributed by atoms with E-state index in [2.05, 4.69) is 20.7 Å². The maximum absolute atomic E-state index is 12.9. The third-order valence-corrected chi connectivity index (χ3v) is 3.33. The van der Waals surface area contributed by atoms with Crippen LogP contribution in [0.25, 0.3) is 0 Å². The van der Waals surface area contributed by atoms with E-state index in [0.29, 0.717) is 0 Å². The Morgan fingerprint density at radius 3 is 2.27 bits per heavy atom. The van der Waals surface area contributed by atoms with E-state index in [1.807, 2.05) is 0 Å². The third kappa shape index (κ3) is 4.77. The maximum Gasteiger partial charge on any atom is 0.451 e. The first-order valence-corrected chi connectivity index (χ1v) is 7.45. The Balaban J connectivity index is 2.08. The Morgan fingerprint density at radius 2 is 1.77 bits per heavy atom. The first-order chi connectivity index (χ1) is 12.1. The van der Waals surface area contributed by atoms with Crippen molar-refractivity contribution in [2.75, 3.05) is 5.32 Å². The number of nitrogens with zero attached hydrogens (tertiary/aromatic N) is 2. The quantitative estimate of drug-likeness (QED) is 0.701. The average Bonchev–Trinajstić information content (AvgIpc) is 3.01. The van der Waals surface area contributed by atoms with E-state index in [9.17, 15) is 27.2 Å². The van der Waals surface area contributed by atoms with E-state index >= 15 is 0 Å². The molecule has 140 valence electrons. The maximum atomic E-state index is 12.9. The van der Waals surface area contributed by atoms with Crippen LogP contribution in [0.1, 0.15) is 30.0 Å². The molecular formula is C15H15F4N5O2. The minimum Gasteiger partial charge on any atom is -0.340 e. The van der Waals surface area contributed by atoms with Gasteiger partial charge in [0.05, 0.1) is 0 Å². The van der Waals surface area contributed by atoms with Crippen LogP contribution in [-0.4, -0.2) is 33.0 Å². The molecule has 11 heteroatoms. The Morgan fingerprint density at radius 1 is 1.15 bits per heavy atom. The molecule has 0 spiro atoms. The lowest BCUT2D eigenvalue weighted by Crippen LogP contribution is -2.47. The molecule has 0 aliphatic rings. The third-order valence-electron chi connectivity index (χ3n) is 3.33. The molecule has 2 aromatic rings. The number of hydrogen-bond acceptors (Lipinski definition) is 4. The predicted octanol–water partition coefficient (Wildman–Crippen LogP) is 2.36. The largest absolute Gasteiger partial charge is 0.451 e. The zero-order chi connectivity index (χ0) is 19.5. The van der Waals surface area contributed by atoms with Crippen molar-refractivity contribution in [1.82, 2.24) is 20.5 Å². The Labute approximate surface area is 145 Å². The fourth-order valence-electron chi connectivity index (χ4n) is 1.99. The van der Waals surface area contributed by atoms with Crippen LogP contribution in [0.2, 0.25) is 0 Å². The fraction of sp³-hybridized carbons (Fsp3) is 0.333. The molecule has 1 aromatic heterocycles. The van der Waals surface area contributed by atoms with Gasteiger partial charge in [-0.25, -0.2) is 4.39 Å². The summed E-state index contributed by atoms with van der Waals surface area (Å²) in [7, 11) is 0. The smallest absolute Gasteiger partial charge is 0.340 e. The summed E-state index contributed by atoms with van der Waals surface area (Å²) in [6.45, 7) is 3.27. The number of hydrogen-bond donors (Lipinski definition) is 3. The molecule has 2 rings (SSSR count). The molecule has 0 saturated heterocycles. The van der Waals surface area contributed by atoms with Crippen LogP contribution < -0.4 is 10.6 Å². The van der Waals surface area contributed by atoms with Crippen molar-refractivity contribution in [3.63, 3.8) is 0 Å². The number of anilines is 1. The molecule has 0 bridgehead atoms. The molecule has 0 aliphatic heterocycles. The van der Waals surface area contributed by atoms with Crippen LogP contribution in [-0.2, 0) is 11.0 Å². The number of aromatic nitrogens is 3. The summed E-state index contributed by atoms with van der Waals surface area (Å²) in [6.07, 6.45) is -4.73. The number of benzene rings is 1. The van der Waals surface area contributed by atoms with Crippen LogP contribution in [0.15, 0.2) is 24.3 Å². The first-order valence-electron chi connectivity index (χ1n) is 7.45. The highest BCUT2D eigenvalue weighted by molar-refractivity contribution is 6.00. The van der Waals surface area contributed by atoms with Gasteiger partial charge in [0.2, 0.25) is 17.7 Å². The van der Waals surface area contributed by atoms with Crippen molar-refractivity contribution < 1.29 is 27.2 Å². The van der Waals surface area contributed by atoms with Crippen molar-refractivity contribution in [2.24, 2.45) is 5.92 Å². The number of alkyl halides is 3. The van der Waals surface area contributed by atoms with E-state index in [1.54, 1.807) is 18.9 Å². The minimum atomic E-state index is -4.73. The van der Waals surface area contributed by atoms with Crippen LogP contribution in [0.5, 0.6) is 0 Å². The summed E-state index contributed by atoms with van der Waals surface area (Å²) in [6, 6.07) is 3.59. The number of carbonyl (C=O) groups is 2. The second-order valence-corrected chi connectivity index (χ2v) is 5.70. The van der Waals surface area contributed by atoms with Crippen LogP contribution >= 0.6 is 0 Å². The molecule has 26 heavy (non-hydrogen) atoms. The average molecular weight is 373 g/mol. The molecule has 7 nitrogen and oxygen atoms in total. The standard InChI is InChI=1S/C15H15F4N5O2/c1-7(2)10(20-11(25)8-3-5-9(16)6-4-8)12(26)21-14-22-13(23-24-14)15(17,18)19/h3-7,10H,1-2H3,(H,20,25)(H2,21,22,23,24,26). The van der Waals surface area contributed by atoms with Crippen molar-refractivity contribution in [1.29, 1.82) is 0 Å². The van der Waals surface area contributed by atoms with E-state index < -0.39 is 41.6 Å². The summed E-state index contributed by atoms with van der Waals surface area (Å²) in [4.78, 5) is 27.6. The van der Waals surface area contributed by atoms with Gasteiger partial charge in [0.15, 0.2) is 0 Å². The summed E-state index contributed by atoms with van der Waals surface area (Å²) in [5.74, 6) is -4.26. The Hall–Kier alpha value is -2.98. The van der Waals surface area contributed by atoms with E-state index in [0.717, 1.165) is 12.1 Å². The Kier molecular flexibility index (Phi) is 5.58. The lowest BCUT2D eigenvalue weighted by atomic mass is 10.0. The van der Waals surface area contributed by atoms with Gasteiger partial charge in [0.25, 0.3) is 5.91 Å². The monoisotopic (exact) mass is 373 g/mol. The topological polar surface area (TPSA) is 99.8 Å². The van der Waals surface area contributed by atoms with Gasteiger partial charge in [-0.2, -0.15) is 18.2 Å². The number of aromatic amines is 1. The summed E-state index contributed by atoms with van der Waals surface area (Å²) < 4.78 is 50.4. The number of nitrogens with one attached hydrogen (secondary N) is 3. The van der Waals surface area contributed by atoms with E-state index in [4.69, 9.17) is 0 Å². The van der Waals surface area contributed by atoms with Gasteiger partial charge in [-0.05, 0) is 30.2 Å². The minimum absolute atomic E-state index is 0.127. The molecule has 1 unspecified atom stereocenters. The highest BCUT2D eigenvalue weighted by Gasteiger charge is 2.35. The molecule has 0 fully saturated rings. The second-order valence-electron chi connectivity index (χ2n) is 5.70. The molecule has 1 aromatic carbocycles. The zero-order valence-corrected chi connectivity index (χ0v) is 13.7. The van der Waals surface area contributed by atoms with E-state index in [1.165, 1.54) is 12.1 Å². The van der Waals surface area contributed by atoms with Crippen molar-refractivity contribution in [2.45, 2.75) is 26.1 Å². The lowest BCUT2D eigenvalue weighted by molar-refractivity contribution is -0.144. The number of carbonyl (C=O) groups excluding carboxylic acids is 2. The van der Waals surface area contributed by atoms with Crippen molar-refractivity contribution in [3.05, 3.63) is 41.5 Å². The SMILES string of the molecule is CC(C)C(NC(=O)c1ccc(F)cc1)C(=O)Nc1n[nH]c(C(F)(F)F)n1. The summed E-state index contributed by atoms with van der Waals surface area (Å²) in [5.41, 5.74) is 0.127. The molecule has 1 heterocycles. The van der Waals surface area contributed by atoms with Gasteiger partial charge < -0.3 is 5.32 Å². The first kappa shape index (κ1) is 19.3. The van der Waals surface area contributed by atoms with E-state index in [-0.39, 0.29) is 11.5 Å². The lowest BCUT2D eigenvalue weighted by Gasteiger charge is -2.21. The van der Waals surface area contributed by atoms with Gasteiger partial charge in [0, 0.05) is 5.56 Å². The molecule has 0 saturated carbocycles. The van der Waals surface area contributed by atoms with Gasteiger partial charge >= 0.3 is 6.18 Å². The summed E-state index contributed by atoms with van der Waals surface area (Å²) >= 11 is 0. The van der Waals surface area contributed by atoms with Gasteiger partial charge in [-0.1, -0.05) is 13.8 Å². The normalized spacial score (nSPS) is 12.7. The van der Waals surface area contributed by atoms with Crippen LogP contribution in [0, 0.1) is 11.7 Å². The molecule has 0 radical (unpaired) electrons. The van der Waals surface area contributed by atoms with Crippen molar-refractivity contribution in [3.8, 4) is 0 Å². The Bertz CT molecular complexity index is 786. The number of amides is 2. The highest BCUT2D eigenvalue weighted by Crippen LogP contribution is 2.26. The van der Waals surface area contributed by atoms with Gasteiger partial charge in [0.1, 0.15) is 11.9 Å². The highest BCUT2D eigenvalue weighted by atomic mass is 19.4. The van der Waals surface area contributed by atoms with Gasteiger partial charge in [-0.15, -0.1) is 5.10 Å². The molecule has 0 aliphatic carbocycles. The fourth-order valence-corrected chi connectivity index (χ4v) is 1.99. The summed E-state index contributed by atoms with van der Waals surface area (Å²) in [5, 5.41) is 9.50. The molecule has 3 N–H and O–H groups in total. The zero-order valence-electron chi connectivity index (χ0n) is 13.7. The number of H-pyrrole nitrogens is 1. The number of rotatable bonds is 5. The van der Waals surface area contributed by atoms with Crippen LogP contribution in [0.3, 0.4) is 0 Å². The van der Waals surface area contributed by atoms with Gasteiger partial charge in [-0.3, -0.25) is 20.0 Å².